The highest BCUT2D eigenvalue weighted by molar-refractivity contribution is 6.27. The topological polar surface area (TPSA) is 52.8 Å². The quantitative estimate of drug-likeness (QED) is 0.201. The fourth-order valence-electron chi connectivity index (χ4n) is 7.65. The van der Waals surface area contributed by atoms with Crippen LogP contribution in [0.1, 0.15) is 5.56 Å². The van der Waals surface area contributed by atoms with Gasteiger partial charge >= 0.3 is 0 Å². The highest BCUT2D eigenvalue weighted by Gasteiger charge is 2.30. The molecule has 0 N–H and O–H groups in total. The van der Waals surface area contributed by atoms with E-state index in [1.54, 1.807) is 0 Å². The summed E-state index contributed by atoms with van der Waals surface area (Å²) in [7, 11) is 0. The Bertz CT molecular complexity index is 2860. The third-order valence-electron chi connectivity index (χ3n) is 9.68. The summed E-state index contributed by atoms with van der Waals surface area (Å²) in [6, 6.07) is 38.3. The van der Waals surface area contributed by atoms with E-state index in [2.05, 4.69) is 114 Å². The Balaban J connectivity index is 1.30. The first-order chi connectivity index (χ1) is 22.8. The van der Waals surface area contributed by atoms with Crippen molar-refractivity contribution in [2.24, 2.45) is 4.99 Å². The molecule has 11 rings (SSSR count). The lowest BCUT2D eigenvalue weighted by Gasteiger charge is -2.13. The zero-order valence-electron chi connectivity index (χ0n) is 24.5. The van der Waals surface area contributed by atoms with Crippen molar-refractivity contribution in [3.63, 3.8) is 0 Å². The first-order valence-electron chi connectivity index (χ1n) is 15.6. The maximum absolute atomic E-state index is 6.75. The number of ether oxygens (including phenoxy) is 1. The molecule has 5 nitrogen and oxygen atoms in total. The van der Waals surface area contributed by atoms with Gasteiger partial charge in [0.05, 0.1) is 27.5 Å². The van der Waals surface area contributed by atoms with Gasteiger partial charge in [0.2, 0.25) is 5.90 Å². The lowest BCUT2D eigenvalue weighted by Crippen LogP contribution is -2.19. The van der Waals surface area contributed by atoms with Crippen molar-refractivity contribution < 1.29 is 13.6 Å². The highest BCUT2D eigenvalue weighted by Crippen LogP contribution is 2.45. The number of rotatable bonds is 2. The van der Waals surface area contributed by atoms with Crippen LogP contribution in [0.4, 0.5) is 0 Å². The summed E-state index contributed by atoms with van der Waals surface area (Å²) >= 11 is 0. The second kappa shape index (κ2) is 8.77. The first kappa shape index (κ1) is 24.3. The van der Waals surface area contributed by atoms with E-state index in [-0.39, 0.29) is 12.1 Å². The maximum Gasteiger partial charge on any atom is 0.217 e. The molecule has 0 saturated heterocycles. The van der Waals surface area contributed by atoms with E-state index in [1.165, 1.54) is 10.8 Å². The van der Waals surface area contributed by atoms with Crippen molar-refractivity contribution >= 4 is 82.4 Å². The summed E-state index contributed by atoms with van der Waals surface area (Å²) in [4.78, 5) is 4.92. The van der Waals surface area contributed by atoms with E-state index >= 15 is 0 Å². The molecule has 0 fully saturated rings. The van der Waals surface area contributed by atoms with Gasteiger partial charge in [-0.15, -0.1) is 0 Å². The van der Waals surface area contributed by atoms with Crippen molar-refractivity contribution in [1.82, 2.24) is 4.57 Å². The number of aliphatic imine (C=N–C) groups is 1. The molecule has 0 radical (unpaired) electrons. The Morgan fingerprint density at radius 3 is 2.30 bits per heavy atom. The summed E-state index contributed by atoms with van der Waals surface area (Å²) in [5.41, 5.74) is 7.69. The van der Waals surface area contributed by atoms with Crippen LogP contribution < -0.4 is 0 Å². The molecule has 0 saturated carbocycles. The van der Waals surface area contributed by atoms with Crippen molar-refractivity contribution in [2.75, 3.05) is 0 Å². The third-order valence-corrected chi connectivity index (χ3v) is 9.68. The number of benzene rings is 6. The number of fused-ring (bicyclic) bond motifs is 13. The molecular formula is C41H24N2O3. The Labute approximate surface area is 261 Å². The second-order valence-electron chi connectivity index (χ2n) is 12.2. The highest BCUT2D eigenvalue weighted by atomic mass is 16.5. The van der Waals surface area contributed by atoms with E-state index in [9.17, 15) is 0 Å². The minimum atomic E-state index is -0.0684. The van der Waals surface area contributed by atoms with Crippen molar-refractivity contribution in [2.45, 2.75) is 12.1 Å². The number of hydrogen-bond acceptors (Lipinski definition) is 4. The molecule has 4 heterocycles. The van der Waals surface area contributed by atoms with Gasteiger partial charge in [0.15, 0.2) is 0 Å². The van der Waals surface area contributed by atoms with Crippen LogP contribution in [-0.2, 0) is 4.74 Å². The summed E-state index contributed by atoms with van der Waals surface area (Å²) in [6.07, 6.45) is 8.15. The van der Waals surface area contributed by atoms with Crippen LogP contribution in [-0.4, -0.2) is 22.6 Å². The predicted molar refractivity (Wildman–Crippen MR) is 186 cm³/mol. The van der Waals surface area contributed by atoms with Gasteiger partial charge in [0, 0.05) is 32.5 Å². The summed E-state index contributed by atoms with van der Waals surface area (Å²) in [5.74, 6) is 0.660. The maximum atomic E-state index is 6.75. The van der Waals surface area contributed by atoms with Crippen LogP contribution in [0.5, 0.6) is 0 Å². The van der Waals surface area contributed by atoms with E-state index < -0.39 is 0 Å². The van der Waals surface area contributed by atoms with Gasteiger partial charge < -0.3 is 18.1 Å². The average Bonchev–Trinajstić information content (AvgIpc) is 3.87. The molecule has 2 unspecified atom stereocenters. The molecule has 0 bridgehead atoms. The van der Waals surface area contributed by atoms with Crippen LogP contribution in [0.2, 0.25) is 0 Å². The minimum absolute atomic E-state index is 0.00101. The standard InChI is InChI=1S/C41H24N2O3/c1-2-10-25-23(9-1)22-32(37-29-21-24(17-19-34(29)45-40(25)37)41-42-30-13-5-8-16-35(30)46-41)43-31-14-6-3-11-26(31)27-18-20-36-38(39(27)43)28-12-4-7-15-33(28)44-36/h1-22,30,35H. The van der Waals surface area contributed by atoms with Gasteiger partial charge in [-0.2, -0.15) is 0 Å². The number of nitrogens with zero attached hydrogens (tertiary/aromatic N) is 2. The zero-order chi connectivity index (χ0) is 29.9. The van der Waals surface area contributed by atoms with Crippen LogP contribution >= 0.6 is 0 Å². The molecule has 1 aliphatic heterocycles. The number of furan rings is 2. The zero-order valence-corrected chi connectivity index (χ0v) is 24.5. The van der Waals surface area contributed by atoms with Crippen molar-refractivity contribution in [3.05, 3.63) is 139 Å². The third kappa shape index (κ3) is 3.16. The lowest BCUT2D eigenvalue weighted by atomic mass is 10.0. The van der Waals surface area contributed by atoms with Crippen molar-refractivity contribution in [3.8, 4) is 5.69 Å². The Morgan fingerprint density at radius 2 is 1.37 bits per heavy atom. The van der Waals surface area contributed by atoms with Gasteiger partial charge in [-0.3, -0.25) is 0 Å². The monoisotopic (exact) mass is 592 g/mol. The summed E-state index contributed by atoms with van der Waals surface area (Å²) in [5, 5.41) is 8.86. The summed E-state index contributed by atoms with van der Waals surface area (Å²) in [6.45, 7) is 0. The van der Waals surface area contributed by atoms with E-state index in [0.717, 1.165) is 76.9 Å². The molecule has 0 spiro atoms. The number of aromatic nitrogens is 1. The number of para-hydroxylation sites is 2. The fraction of sp³-hybridized carbons (Fsp3) is 0.0488. The molecule has 9 aromatic rings. The first-order valence-corrected chi connectivity index (χ1v) is 15.6. The van der Waals surface area contributed by atoms with Crippen LogP contribution in [0, 0.1) is 0 Å². The molecule has 2 atom stereocenters. The molecule has 5 heteroatoms. The lowest BCUT2D eigenvalue weighted by molar-refractivity contribution is 0.255. The van der Waals surface area contributed by atoms with Crippen molar-refractivity contribution in [1.29, 1.82) is 0 Å². The van der Waals surface area contributed by atoms with Gasteiger partial charge in [-0.05, 0) is 60.0 Å². The summed E-state index contributed by atoms with van der Waals surface area (Å²) < 4.78 is 21.9. The number of allylic oxidation sites excluding steroid dienone is 2. The molecule has 46 heavy (non-hydrogen) atoms. The van der Waals surface area contributed by atoms with Gasteiger partial charge in [0.1, 0.15) is 34.5 Å². The molecule has 1 aliphatic carbocycles. The van der Waals surface area contributed by atoms with Gasteiger partial charge in [0.25, 0.3) is 0 Å². The molecule has 6 aromatic carbocycles. The van der Waals surface area contributed by atoms with E-state index in [1.807, 2.05) is 24.3 Å². The predicted octanol–water partition coefficient (Wildman–Crippen LogP) is 10.4. The normalized spacial score (nSPS) is 17.7. The van der Waals surface area contributed by atoms with Gasteiger partial charge in [-0.1, -0.05) is 78.9 Å². The minimum Gasteiger partial charge on any atom is -0.467 e. The second-order valence-corrected chi connectivity index (χ2v) is 12.2. The van der Waals surface area contributed by atoms with E-state index in [4.69, 9.17) is 18.6 Å². The largest absolute Gasteiger partial charge is 0.467 e. The van der Waals surface area contributed by atoms with Crippen LogP contribution in [0.25, 0.3) is 82.1 Å². The SMILES string of the molecule is C1=CC2N=C(c3ccc4oc5c6ccccc6cc(-n6c7ccccc7c7ccc8oc9ccccc9c8c76)c5c4c3)OC2C=C1. The Morgan fingerprint density at radius 1 is 0.587 bits per heavy atom. The molecule has 2 aliphatic rings. The van der Waals surface area contributed by atoms with Crippen LogP contribution in [0.3, 0.4) is 0 Å². The molecule has 216 valence electrons. The smallest absolute Gasteiger partial charge is 0.217 e. The molecule has 0 amide bonds. The molecular weight excluding hydrogens is 568 g/mol. The Hall–Kier alpha value is -6.07. The number of hydrogen-bond donors (Lipinski definition) is 0. The Kier molecular flexibility index (Phi) is 4.63. The molecule has 3 aromatic heterocycles. The van der Waals surface area contributed by atoms with E-state index in [0.29, 0.717) is 5.90 Å². The van der Waals surface area contributed by atoms with Crippen LogP contribution in [0.15, 0.2) is 147 Å². The fourth-order valence-corrected chi connectivity index (χ4v) is 7.65. The average molecular weight is 593 g/mol. The van der Waals surface area contributed by atoms with Gasteiger partial charge in [-0.25, -0.2) is 4.99 Å².